The number of nitrogens with one attached hydrogen (secondary N) is 1. The van der Waals surface area contributed by atoms with Gasteiger partial charge in [-0.15, -0.1) is 0 Å². The first-order chi connectivity index (χ1) is 9.65. The molecule has 104 valence electrons. The number of hydrogen-bond donors (Lipinski definition) is 1. The highest BCUT2D eigenvalue weighted by Crippen LogP contribution is 2.34. The Morgan fingerprint density at radius 1 is 1.30 bits per heavy atom. The number of hydrogen-bond acceptors (Lipinski definition) is 2. The summed E-state index contributed by atoms with van der Waals surface area (Å²) < 4.78 is 0.755. The Bertz CT molecular complexity index is 687. The second-order valence-corrected chi connectivity index (χ2v) is 6.54. The predicted octanol–water partition coefficient (Wildman–Crippen LogP) is 4.01. The summed E-state index contributed by atoms with van der Waals surface area (Å²) in [5.41, 5.74) is 3.13. The van der Waals surface area contributed by atoms with Crippen LogP contribution < -0.4 is 5.56 Å². The predicted molar refractivity (Wildman–Crippen MR) is 89.0 cm³/mol. The van der Waals surface area contributed by atoms with Crippen LogP contribution in [0.25, 0.3) is 11.4 Å². The zero-order valence-electron chi connectivity index (χ0n) is 11.4. The van der Waals surface area contributed by atoms with Crippen LogP contribution in [-0.2, 0) is 0 Å². The molecule has 0 bridgehead atoms. The zero-order valence-corrected chi connectivity index (χ0v) is 13.6. The third-order valence-corrected chi connectivity index (χ3v) is 4.96. The largest absolute Gasteiger partial charge is 0.306 e. The van der Waals surface area contributed by atoms with Gasteiger partial charge in [-0.1, -0.05) is 36.6 Å². The Labute approximate surface area is 132 Å². The fraction of sp³-hybridized carbons (Fsp3) is 0.375. The lowest BCUT2D eigenvalue weighted by Gasteiger charge is -2.12. The van der Waals surface area contributed by atoms with Crippen LogP contribution >= 0.6 is 22.6 Å². The molecule has 4 heteroatoms. The topological polar surface area (TPSA) is 45.8 Å². The standard InChI is InChI=1S/C16H17IN2O/c1-10-5-4-8-12(9-10)15-18-14(11-6-2-3-7-11)13(17)16(20)19-15/h4-5,8-9,11H,2-3,6-7H2,1H3,(H,18,19,20). The number of H-pyrrole nitrogens is 1. The number of rotatable bonds is 2. The summed E-state index contributed by atoms with van der Waals surface area (Å²) in [5.74, 6) is 1.15. The van der Waals surface area contributed by atoms with E-state index in [1.807, 2.05) is 25.1 Å². The van der Waals surface area contributed by atoms with Crippen LogP contribution in [0, 0.1) is 10.5 Å². The maximum Gasteiger partial charge on any atom is 0.264 e. The van der Waals surface area contributed by atoms with Crippen LogP contribution in [0.2, 0.25) is 0 Å². The molecule has 1 aliphatic carbocycles. The van der Waals surface area contributed by atoms with Gasteiger partial charge in [0, 0.05) is 11.5 Å². The zero-order chi connectivity index (χ0) is 14.1. The molecule has 1 saturated carbocycles. The third-order valence-electron chi connectivity index (χ3n) is 3.92. The molecule has 0 unspecified atom stereocenters. The van der Waals surface area contributed by atoms with Gasteiger partial charge in [-0.3, -0.25) is 4.79 Å². The molecule has 0 saturated heterocycles. The molecule has 0 atom stereocenters. The smallest absolute Gasteiger partial charge is 0.264 e. The van der Waals surface area contributed by atoms with Crippen LogP contribution in [0.4, 0.5) is 0 Å². The molecular weight excluding hydrogens is 363 g/mol. The molecule has 1 aromatic heterocycles. The van der Waals surface area contributed by atoms with Crippen molar-refractivity contribution in [2.24, 2.45) is 0 Å². The van der Waals surface area contributed by atoms with E-state index in [4.69, 9.17) is 4.98 Å². The Hall–Kier alpha value is -1.17. The van der Waals surface area contributed by atoms with Crippen molar-refractivity contribution in [3.05, 3.63) is 49.4 Å². The van der Waals surface area contributed by atoms with E-state index in [1.165, 1.54) is 18.4 Å². The number of benzene rings is 1. The molecule has 2 aromatic rings. The first kappa shape index (κ1) is 13.8. The van der Waals surface area contributed by atoms with Crippen molar-refractivity contribution in [2.45, 2.75) is 38.5 Å². The lowest BCUT2D eigenvalue weighted by atomic mass is 10.0. The highest BCUT2D eigenvalue weighted by molar-refractivity contribution is 14.1. The summed E-state index contributed by atoms with van der Waals surface area (Å²) in [4.78, 5) is 19.8. The van der Waals surface area contributed by atoms with Crippen molar-refractivity contribution in [3.63, 3.8) is 0 Å². The van der Waals surface area contributed by atoms with Gasteiger partial charge < -0.3 is 4.98 Å². The fourth-order valence-corrected chi connectivity index (χ4v) is 3.57. The van der Waals surface area contributed by atoms with E-state index >= 15 is 0 Å². The van der Waals surface area contributed by atoms with E-state index < -0.39 is 0 Å². The van der Waals surface area contributed by atoms with Crippen LogP contribution in [0.5, 0.6) is 0 Å². The quantitative estimate of drug-likeness (QED) is 0.801. The molecule has 1 aromatic carbocycles. The van der Waals surface area contributed by atoms with Crippen molar-refractivity contribution in [2.75, 3.05) is 0 Å². The van der Waals surface area contributed by atoms with Gasteiger partial charge in [0.1, 0.15) is 5.82 Å². The third kappa shape index (κ3) is 2.66. The highest BCUT2D eigenvalue weighted by atomic mass is 127. The molecule has 1 aliphatic rings. The Balaban J connectivity index is 2.11. The normalized spacial score (nSPS) is 15.7. The first-order valence-corrected chi connectivity index (χ1v) is 8.10. The van der Waals surface area contributed by atoms with Gasteiger partial charge in [-0.05, 0) is 48.4 Å². The maximum absolute atomic E-state index is 12.2. The van der Waals surface area contributed by atoms with E-state index in [9.17, 15) is 4.79 Å². The molecule has 0 spiro atoms. The molecule has 1 fully saturated rings. The van der Waals surface area contributed by atoms with Crippen LogP contribution in [0.15, 0.2) is 29.1 Å². The summed E-state index contributed by atoms with van der Waals surface area (Å²) in [6.45, 7) is 2.05. The van der Waals surface area contributed by atoms with Crippen molar-refractivity contribution in [1.82, 2.24) is 9.97 Å². The second-order valence-electron chi connectivity index (χ2n) is 5.46. The van der Waals surface area contributed by atoms with Gasteiger partial charge in [-0.2, -0.15) is 0 Å². The molecule has 0 aliphatic heterocycles. The van der Waals surface area contributed by atoms with Crippen molar-refractivity contribution in [3.8, 4) is 11.4 Å². The van der Waals surface area contributed by atoms with E-state index in [-0.39, 0.29) is 5.56 Å². The molecule has 0 radical (unpaired) electrons. The monoisotopic (exact) mass is 380 g/mol. The van der Waals surface area contributed by atoms with Crippen molar-refractivity contribution in [1.29, 1.82) is 0 Å². The summed E-state index contributed by atoms with van der Waals surface area (Å²) in [7, 11) is 0. The summed E-state index contributed by atoms with van der Waals surface area (Å²) in [6, 6.07) is 8.10. The second kappa shape index (κ2) is 5.68. The van der Waals surface area contributed by atoms with Gasteiger partial charge in [0.25, 0.3) is 5.56 Å². The van der Waals surface area contributed by atoms with Gasteiger partial charge >= 0.3 is 0 Å². The van der Waals surface area contributed by atoms with E-state index in [2.05, 4.69) is 33.6 Å². The van der Waals surface area contributed by atoms with Gasteiger partial charge in [0.05, 0.1) is 9.26 Å². The van der Waals surface area contributed by atoms with Crippen molar-refractivity contribution < 1.29 is 0 Å². The van der Waals surface area contributed by atoms with Crippen LogP contribution in [0.1, 0.15) is 42.9 Å². The molecule has 1 N–H and O–H groups in total. The number of aromatic nitrogens is 2. The minimum atomic E-state index is -0.0148. The number of aryl methyl sites for hydroxylation is 1. The molecule has 3 nitrogen and oxygen atoms in total. The summed E-state index contributed by atoms with van der Waals surface area (Å²) in [6.07, 6.45) is 4.80. The lowest BCUT2D eigenvalue weighted by Crippen LogP contribution is -2.18. The van der Waals surface area contributed by atoms with Gasteiger partial charge in [0.15, 0.2) is 0 Å². The average molecular weight is 380 g/mol. The Morgan fingerprint density at radius 2 is 2.05 bits per heavy atom. The molecule has 1 heterocycles. The fourth-order valence-electron chi connectivity index (χ4n) is 2.88. The SMILES string of the molecule is Cc1cccc(-c2nc(C3CCCC3)c(I)c(=O)[nH]2)c1. The Morgan fingerprint density at radius 3 is 2.75 bits per heavy atom. The minimum absolute atomic E-state index is 0.0148. The van der Waals surface area contributed by atoms with E-state index in [0.717, 1.165) is 27.7 Å². The molecular formula is C16H17IN2O. The highest BCUT2D eigenvalue weighted by Gasteiger charge is 2.23. The summed E-state index contributed by atoms with van der Waals surface area (Å²) >= 11 is 2.13. The average Bonchev–Trinajstić information content (AvgIpc) is 2.95. The van der Waals surface area contributed by atoms with Crippen LogP contribution in [-0.4, -0.2) is 9.97 Å². The number of halogens is 1. The number of aromatic amines is 1. The van der Waals surface area contributed by atoms with E-state index in [0.29, 0.717) is 11.7 Å². The van der Waals surface area contributed by atoms with Crippen LogP contribution in [0.3, 0.4) is 0 Å². The van der Waals surface area contributed by atoms with Gasteiger partial charge in [-0.25, -0.2) is 4.98 Å². The van der Waals surface area contributed by atoms with Gasteiger partial charge in [0.2, 0.25) is 0 Å². The Kier molecular flexibility index (Phi) is 3.92. The maximum atomic E-state index is 12.2. The lowest BCUT2D eigenvalue weighted by molar-refractivity contribution is 0.687. The van der Waals surface area contributed by atoms with E-state index in [1.54, 1.807) is 0 Å². The minimum Gasteiger partial charge on any atom is -0.306 e. The molecule has 0 amide bonds. The summed E-state index contributed by atoms with van der Waals surface area (Å²) in [5, 5.41) is 0. The molecule has 20 heavy (non-hydrogen) atoms. The first-order valence-electron chi connectivity index (χ1n) is 7.02. The van der Waals surface area contributed by atoms with Crippen molar-refractivity contribution >= 4 is 22.6 Å². The number of nitrogens with zero attached hydrogens (tertiary/aromatic N) is 1. The molecule has 3 rings (SSSR count).